The molecule has 0 radical (unpaired) electrons. The van der Waals surface area contributed by atoms with Gasteiger partial charge in [-0.05, 0) is 0 Å². The molecule has 0 aromatic carbocycles. The zero-order valence-electron chi connectivity index (χ0n) is 4.78. The summed E-state index contributed by atoms with van der Waals surface area (Å²) >= 11 is 0. The summed E-state index contributed by atoms with van der Waals surface area (Å²) in [6.07, 6.45) is 1.44. The number of rotatable bonds is 4. The third kappa shape index (κ3) is 2.58. The lowest BCUT2D eigenvalue weighted by atomic mass is 10.2. The zero-order valence-corrected chi connectivity index (χ0v) is 4.78. The Morgan fingerprint density at radius 1 is 1.89 bits per heavy atom. The highest BCUT2D eigenvalue weighted by atomic mass is 16.4. The predicted octanol–water partition coefficient (Wildman–Crippen LogP) is 0.782. The van der Waals surface area contributed by atoms with E-state index in [2.05, 4.69) is 11.8 Å². The SMILES string of the molecule is C=CCC(N=O)C(=O)O. The van der Waals surface area contributed by atoms with Crippen molar-refractivity contribution in [1.29, 1.82) is 0 Å². The Morgan fingerprint density at radius 2 is 2.44 bits per heavy atom. The molecule has 4 nitrogen and oxygen atoms in total. The first-order valence-corrected chi connectivity index (χ1v) is 2.38. The molecule has 0 saturated carbocycles. The molecule has 1 unspecified atom stereocenters. The molecule has 0 fully saturated rings. The van der Waals surface area contributed by atoms with E-state index in [0.717, 1.165) is 0 Å². The number of aliphatic carboxylic acids is 1. The van der Waals surface area contributed by atoms with Crippen LogP contribution < -0.4 is 0 Å². The minimum atomic E-state index is -1.20. The molecular formula is C5H7NO3. The largest absolute Gasteiger partial charge is 0.480 e. The van der Waals surface area contributed by atoms with Crippen LogP contribution in [0.1, 0.15) is 6.42 Å². The average Bonchev–Trinajstić information content (AvgIpc) is 1.82. The molecule has 0 aromatic rings. The number of nitrogens with zero attached hydrogens (tertiary/aromatic N) is 1. The third-order valence-electron chi connectivity index (χ3n) is 0.802. The standard InChI is InChI=1S/C5H7NO3/c1-2-3-4(6-9)5(7)8/h2,4H,1,3H2,(H,7,8). The van der Waals surface area contributed by atoms with Crippen LogP contribution in [0, 0.1) is 4.91 Å². The number of carbonyl (C=O) groups is 1. The molecule has 50 valence electrons. The van der Waals surface area contributed by atoms with Gasteiger partial charge in [-0.3, -0.25) is 0 Å². The van der Waals surface area contributed by atoms with E-state index >= 15 is 0 Å². The molecule has 1 N–H and O–H groups in total. The van der Waals surface area contributed by atoms with Gasteiger partial charge in [-0.1, -0.05) is 11.3 Å². The van der Waals surface area contributed by atoms with Crippen molar-refractivity contribution in [2.24, 2.45) is 5.18 Å². The molecule has 0 spiro atoms. The van der Waals surface area contributed by atoms with Gasteiger partial charge in [-0.2, -0.15) is 0 Å². The van der Waals surface area contributed by atoms with Gasteiger partial charge in [0.25, 0.3) is 0 Å². The van der Waals surface area contributed by atoms with E-state index in [1.54, 1.807) is 0 Å². The van der Waals surface area contributed by atoms with Crippen molar-refractivity contribution in [1.82, 2.24) is 0 Å². The van der Waals surface area contributed by atoms with Crippen LogP contribution >= 0.6 is 0 Å². The van der Waals surface area contributed by atoms with Crippen LogP contribution in [0.3, 0.4) is 0 Å². The molecule has 0 aliphatic heterocycles. The van der Waals surface area contributed by atoms with E-state index in [9.17, 15) is 9.70 Å². The molecule has 0 rings (SSSR count). The van der Waals surface area contributed by atoms with Crippen molar-refractivity contribution in [2.75, 3.05) is 0 Å². The highest BCUT2D eigenvalue weighted by Crippen LogP contribution is 1.96. The fourth-order valence-corrected chi connectivity index (χ4v) is 0.347. The minimum Gasteiger partial charge on any atom is -0.480 e. The van der Waals surface area contributed by atoms with Crippen molar-refractivity contribution >= 4 is 5.97 Å². The van der Waals surface area contributed by atoms with E-state index in [-0.39, 0.29) is 6.42 Å². The maximum atomic E-state index is 9.98. The quantitative estimate of drug-likeness (QED) is 0.450. The van der Waals surface area contributed by atoms with Crippen LogP contribution in [0.2, 0.25) is 0 Å². The van der Waals surface area contributed by atoms with Crippen molar-refractivity contribution in [2.45, 2.75) is 12.5 Å². The van der Waals surface area contributed by atoms with Gasteiger partial charge in [0.2, 0.25) is 0 Å². The van der Waals surface area contributed by atoms with Gasteiger partial charge in [0.15, 0.2) is 6.04 Å². The first-order chi connectivity index (χ1) is 4.22. The molecule has 0 heterocycles. The molecule has 0 amide bonds. The normalized spacial score (nSPS) is 12.0. The van der Waals surface area contributed by atoms with E-state index in [0.29, 0.717) is 0 Å². The van der Waals surface area contributed by atoms with Crippen LogP contribution in [-0.2, 0) is 4.79 Å². The van der Waals surface area contributed by atoms with E-state index in [1.807, 2.05) is 0 Å². The fraction of sp³-hybridized carbons (Fsp3) is 0.400. The molecule has 4 heteroatoms. The van der Waals surface area contributed by atoms with E-state index < -0.39 is 12.0 Å². The summed E-state index contributed by atoms with van der Waals surface area (Å²) in [6, 6.07) is -1.16. The number of nitroso groups, excluding NO2 is 1. The molecule has 0 aliphatic rings. The smallest absolute Gasteiger partial charge is 0.332 e. The first-order valence-electron chi connectivity index (χ1n) is 2.38. The Kier molecular flexibility index (Phi) is 3.27. The summed E-state index contributed by atoms with van der Waals surface area (Å²) in [6.45, 7) is 3.27. The third-order valence-corrected chi connectivity index (χ3v) is 0.802. The summed E-state index contributed by atoms with van der Waals surface area (Å²) in [5, 5.41) is 10.5. The summed E-state index contributed by atoms with van der Waals surface area (Å²) in [7, 11) is 0. The van der Waals surface area contributed by atoms with Gasteiger partial charge >= 0.3 is 5.97 Å². The van der Waals surface area contributed by atoms with Gasteiger partial charge in [-0.15, -0.1) is 11.5 Å². The number of carboxylic acids is 1. The van der Waals surface area contributed by atoms with Crippen LogP contribution in [0.15, 0.2) is 17.8 Å². The molecule has 1 atom stereocenters. The molecule has 0 saturated heterocycles. The molecular weight excluding hydrogens is 122 g/mol. The molecule has 9 heavy (non-hydrogen) atoms. The van der Waals surface area contributed by atoms with Gasteiger partial charge in [0, 0.05) is 6.42 Å². The first kappa shape index (κ1) is 7.81. The van der Waals surface area contributed by atoms with Crippen LogP contribution in [0.4, 0.5) is 0 Å². The highest BCUT2D eigenvalue weighted by molar-refractivity contribution is 5.73. The molecule has 0 aliphatic carbocycles. The molecule has 0 aromatic heterocycles. The van der Waals surface area contributed by atoms with Gasteiger partial charge in [0.05, 0.1) is 0 Å². The summed E-state index contributed by atoms with van der Waals surface area (Å²) in [5.41, 5.74) is 0. The van der Waals surface area contributed by atoms with Crippen LogP contribution in [-0.4, -0.2) is 17.1 Å². The van der Waals surface area contributed by atoms with Gasteiger partial charge in [-0.25, -0.2) is 4.79 Å². The Morgan fingerprint density at radius 3 is 2.56 bits per heavy atom. The zero-order chi connectivity index (χ0) is 7.28. The van der Waals surface area contributed by atoms with Crippen molar-refractivity contribution in [3.63, 3.8) is 0 Å². The number of hydrogen-bond acceptors (Lipinski definition) is 3. The van der Waals surface area contributed by atoms with Gasteiger partial charge in [0.1, 0.15) is 0 Å². The maximum Gasteiger partial charge on any atom is 0.332 e. The van der Waals surface area contributed by atoms with Crippen LogP contribution in [0.5, 0.6) is 0 Å². The second-order valence-corrected chi connectivity index (χ2v) is 1.48. The van der Waals surface area contributed by atoms with Gasteiger partial charge < -0.3 is 5.11 Å². The lowest BCUT2D eigenvalue weighted by Gasteiger charge is -1.95. The van der Waals surface area contributed by atoms with Crippen molar-refractivity contribution < 1.29 is 9.90 Å². The second-order valence-electron chi connectivity index (χ2n) is 1.48. The monoisotopic (exact) mass is 129 g/mol. The van der Waals surface area contributed by atoms with Crippen LogP contribution in [0.25, 0.3) is 0 Å². The Balaban J connectivity index is 3.81. The van der Waals surface area contributed by atoms with Crippen molar-refractivity contribution in [3.8, 4) is 0 Å². The highest BCUT2D eigenvalue weighted by Gasteiger charge is 2.14. The summed E-state index contributed by atoms with van der Waals surface area (Å²) in [4.78, 5) is 19.6. The second kappa shape index (κ2) is 3.77. The number of hydrogen-bond donors (Lipinski definition) is 1. The fourth-order valence-electron chi connectivity index (χ4n) is 0.347. The lowest BCUT2D eigenvalue weighted by molar-refractivity contribution is -0.138. The Labute approximate surface area is 52.2 Å². The van der Waals surface area contributed by atoms with E-state index in [4.69, 9.17) is 5.11 Å². The summed E-state index contributed by atoms with van der Waals surface area (Å²) < 4.78 is 0. The maximum absolute atomic E-state index is 9.98. The Hall–Kier alpha value is -1.19. The Bertz CT molecular complexity index is 132. The van der Waals surface area contributed by atoms with Crippen molar-refractivity contribution in [3.05, 3.63) is 17.6 Å². The molecule has 0 bridgehead atoms. The minimum absolute atomic E-state index is 0.0961. The lowest BCUT2D eigenvalue weighted by Crippen LogP contribution is -2.15. The van der Waals surface area contributed by atoms with E-state index in [1.165, 1.54) is 6.08 Å². The number of carboxylic acid groups (broad SMARTS) is 1. The summed E-state index contributed by atoms with van der Waals surface area (Å²) in [5.74, 6) is -1.20. The topological polar surface area (TPSA) is 66.7 Å². The predicted molar refractivity (Wildman–Crippen MR) is 32.0 cm³/mol. The average molecular weight is 129 g/mol.